The summed E-state index contributed by atoms with van der Waals surface area (Å²) in [4.78, 5) is 14.4. The first-order chi connectivity index (χ1) is 13.8. The molecule has 1 fully saturated rings. The molecule has 0 aliphatic carbocycles. The Balaban J connectivity index is 1.37. The maximum Gasteiger partial charge on any atom is 0.416 e. The molecule has 1 aliphatic heterocycles. The summed E-state index contributed by atoms with van der Waals surface area (Å²) in [5, 5.41) is 11.8. The van der Waals surface area contributed by atoms with E-state index in [4.69, 9.17) is 11.6 Å². The summed E-state index contributed by atoms with van der Waals surface area (Å²) in [5.74, 6) is 0.312. The highest BCUT2D eigenvalue weighted by Crippen LogP contribution is 2.29. The topological polar surface area (TPSA) is 62.5 Å². The number of rotatable bonds is 3. The van der Waals surface area contributed by atoms with Gasteiger partial charge in [-0.15, -0.1) is 10.2 Å². The van der Waals surface area contributed by atoms with E-state index in [0.29, 0.717) is 42.5 Å². The molecular formula is C19H17ClF3N5O. The van der Waals surface area contributed by atoms with E-state index in [1.165, 1.54) is 12.1 Å². The molecule has 2 aromatic heterocycles. The molecule has 1 amide bonds. The third kappa shape index (κ3) is 4.14. The van der Waals surface area contributed by atoms with Crippen LogP contribution in [0.25, 0.3) is 5.65 Å². The van der Waals surface area contributed by atoms with Gasteiger partial charge in [0.2, 0.25) is 5.95 Å². The number of fused-ring (bicyclic) bond motifs is 1. The molecule has 1 saturated heterocycles. The zero-order chi connectivity index (χ0) is 20.6. The van der Waals surface area contributed by atoms with Crippen molar-refractivity contribution in [2.24, 2.45) is 0 Å². The summed E-state index contributed by atoms with van der Waals surface area (Å²) in [6, 6.07) is 7.69. The number of nitrogens with zero attached hydrogens (tertiary/aromatic N) is 4. The van der Waals surface area contributed by atoms with Crippen LogP contribution < -0.4 is 10.2 Å². The van der Waals surface area contributed by atoms with Gasteiger partial charge in [0.15, 0.2) is 5.65 Å². The lowest BCUT2D eigenvalue weighted by atomic mass is 10.0. The number of pyridine rings is 1. The Morgan fingerprint density at radius 1 is 1.07 bits per heavy atom. The van der Waals surface area contributed by atoms with Crippen molar-refractivity contribution in [3.8, 4) is 0 Å². The Morgan fingerprint density at radius 2 is 1.76 bits per heavy atom. The Bertz CT molecular complexity index is 1030. The van der Waals surface area contributed by atoms with Crippen LogP contribution in [0.3, 0.4) is 0 Å². The lowest BCUT2D eigenvalue weighted by Crippen LogP contribution is -2.45. The molecule has 29 heavy (non-hydrogen) atoms. The molecule has 1 aliphatic rings. The van der Waals surface area contributed by atoms with Gasteiger partial charge < -0.3 is 10.2 Å². The third-order valence-corrected chi connectivity index (χ3v) is 5.16. The standard InChI is InChI=1S/C19H17ClF3N5O/c20-14-5-6-16-25-26-18(28(16)11-14)27-9-7-15(8-10-27)24-17(29)12-1-3-13(4-2-12)19(21,22)23/h1-6,11,15H,7-10H2,(H,24,29). The highest BCUT2D eigenvalue weighted by molar-refractivity contribution is 6.30. The van der Waals surface area contributed by atoms with Crippen molar-refractivity contribution >= 4 is 29.1 Å². The SMILES string of the molecule is O=C(NC1CCN(c2nnc3ccc(Cl)cn23)CC1)c1ccc(C(F)(F)F)cc1. The first kappa shape index (κ1) is 19.5. The number of aromatic nitrogens is 3. The first-order valence-corrected chi connectivity index (χ1v) is 9.42. The number of carbonyl (C=O) groups is 1. The molecular weight excluding hydrogens is 407 g/mol. The van der Waals surface area contributed by atoms with Crippen LogP contribution in [0.4, 0.5) is 19.1 Å². The van der Waals surface area contributed by atoms with Crippen molar-refractivity contribution in [3.05, 3.63) is 58.7 Å². The quantitative estimate of drug-likeness (QED) is 0.696. The minimum Gasteiger partial charge on any atom is -0.349 e. The van der Waals surface area contributed by atoms with Crippen LogP contribution in [-0.2, 0) is 6.18 Å². The van der Waals surface area contributed by atoms with E-state index in [1.54, 1.807) is 18.3 Å². The van der Waals surface area contributed by atoms with Crippen LogP contribution in [0.5, 0.6) is 0 Å². The van der Waals surface area contributed by atoms with Crippen LogP contribution in [-0.4, -0.2) is 39.6 Å². The predicted molar refractivity (Wildman–Crippen MR) is 102 cm³/mol. The first-order valence-electron chi connectivity index (χ1n) is 9.04. The smallest absolute Gasteiger partial charge is 0.349 e. The maximum absolute atomic E-state index is 12.6. The summed E-state index contributed by atoms with van der Waals surface area (Å²) in [6.45, 7) is 1.32. The fourth-order valence-electron chi connectivity index (χ4n) is 3.37. The molecule has 1 N–H and O–H groups in total. The molecule has 4 rings (SSSR count). The lowest BCUT2D eigenvalue weighted by molar-refractivity contribution is -0.137. The lowest BCUT2D eigenvalue weighted by Gasteiger charge is -2.32. The zero-order valence-corrected chi connectivity index (χ0v) is 15.9. The fraction of sp³-hybridized carbons (Fsp3) is 0.316. The van der Waals surface area contributed by atoms with E-state index in [9.17, 15) is 18.0 Å². The number of nitrogens with one attached hydrogen (secondary N) is 1. The zero-order valence-electron chi connectivity index (χ0n) is 15.2. The molecule has 1 aromatic carbocycles. The number of piperidine rings is 1. The van der Waals surface area contributed by atoms with E-state index < -0.39 is 11.7 Å². The summed E-state index contributed by atoms with van der Waals surface area (Å²) in [7, 11) is 0. The maximum atomic E-state index is 12.6. The number of amides is 1. The van der Waals surface area contributed by atoms with Crippen LogP contribution >= 0.6 is 11.6 Å². The summed E-state index contributed by atoms with van der Waals surface area (Å²) >= 11 is 6.06. The van der Waals surface area contributed by atoms with E-state index >= 15 is 0 Å². The molecule has 10 heteroatoms. The van der Waals surface area contributed by atoms with Crippen LogP contribution in [0.15, 0.2) is 42.6 Å². The normalized spacial score (nSPS) is 15.7. The van der Waals surface area contributed by atoms with Crippen molar-refractivity contribution < 1.29 is 18.0 Å². The van der Waals surface area contributed by atoms with E-state index in [1.807, 2.05) is 4.40 Å². The molecule has 152 valence electrons. The highest BCUT2D eigenvalue weighted by Gasteiger charge is 2.30. The molecule has 3 aromatic rings. The molecule has 0 spiro atoms. The van der Waals surface area contributed by atoms with Crippen molar-refractivity contribution in [1.29, 1.82) is 0 Å². The van der Waals surface area contributed by atoms with Gasteiger partial charge in [-0.2, -0.15) is 13.2 Å². The number of hydrogen-bond acceptors (Lipinski definition) is 4. The van der Waals surface area contributed by atoms with Gasteiger partial charge >= 0.3 is 6.18 Å². The molecule has 3 heterocycles. The second-order valence-corrected chi connectivity index (χ2v) is 7.32. The monoisotopic (exact) mass is 423 g/mol. The van der Waals surface area contributed by atoms with Gasteiger partial charge in [0.05, 0.1) is 10.6 Å². The van der Waals surface area contributed by atoms with Gasteiger partial charge in [-0.1, -0.05) is 11.6 Å². The summed E-state index contributed by atoms with van der Waals surface area (Å²) in [5.41, 5.74) is 0.128. The molecule has 6 nitrogen and oxygen atoms in total. The Hall–Kier alpha value is -2.81. The van der Waals surface area contributed by atoms with Gasteiger partial charge in [-0.05, 0) is 49.2 Å². The third-order valence-electron chi connectivity index (χ3n) is 4.94. The van der Waals surface area contributed by atoms with Gasteiger partial charge in [0, 0.05) is 30.9 Å². The minimum absolute atomic E-state index is 0.0659. The largest absolute Gasteiger partial charge is 0.416 e. The molecule has 0 radical (unpaired) electrons. The minimum atomic E-state index is -4.42. The summed E-state index contributed by atoms with van der Waals surface area (Å²) in [6.07, 6.45) is -1.30. The second kappa shape index (κ2) is 7.55. The Morgan fingerprint density at radius 3 is 2.41 bits per heavy atom. The number of benzene rings is 1. The van der Waals surface area contributed by atoms with Crippen LogP contribution in [0.1, 0.15) is 28.8 Å². The molecule has 0 saturated carbocycles. The van der Waals surface area contributed by atoms with E-state index in [-0.39, 0.29) is 17.5 Å². The van der Waals surface area contributed by atoms with E-state index in [0.717, 1.165) is 12.1 Å². The van der Waals surface area contributed by atoms with Crippen LogP contribution in [0.2, 0.25) is 5.02 Å². The number of halogens is 4. The number of anilines is 1. The van der Waals surface area contributed by atoms with Crippen molar-refractivity contribution in [2.75, 3.05) is 18.0 Å². The number of hydrogen-bond donors (Lipinski definition) is 1. The number of alkyl halides is 3. The molecule has 0 atom stereocenters. The van der Waals surface area contributed by atoms with Gasteiger partial charge in [-0.25, -0.2) is 0 Å². The summed E-state index contributed by atoms with van der Waals surface area (Å²) < 4.78 is 39.8. The van der Waals surface area contributed by atoms with Gasteiger partial charge in [0.1, 0.15) is 0 Å². The Labute approximate surface area is 169 Å². The van der Waals surface area contributed by atoms with E-state index in [2.05, 4.69) is 20.4 Å². The van der Waals surface area contributed by atoms with Crippen molar-refractivity contribution in [2.45, 2.75) is 25.1 Å². The highest BCUT2D eigenvalue weighted by atomic mass is 35.5. The average Bonchev–Trinajstić information content (AvgIpc) is 3.11. The van der Waals surface area contributed by atoms with Gasteiger partial charge in [0.25, 0.3) is 5.91 Å². The average molecular weight is 424 g/mol. The fourth-order valence-corrected chi connectivity index (χ4v) is 3.53. The number of carbonyl (C=O) groups excluding carboxylic acids is 1. The molecule has 0 unspecified atom stereocenters. The molecule has 0 bridgehead atoms. The van der Waals surface area contributed by atoms with Gasteiger partial charge in [-0.3, -0.25) is 9.20 Å². The van der Waals surface area contributed by atoms with Crippen molar-refractivity contribution in [3.63, 3.8) is 0 Å². The predicted octanol–water partition coefficient (Wildman–Crippen LogP) is 3.80. The van der Waals surface area contributed by atoms with Crippen LogP contribution in [0, 0.1) is 0 Å². The second-order valence-electron chi connectivity index (χ2n) is 6.89. The van der Waals surface area contributed by atoms with Crippen molar-refractivity contribution in [1.82, 2.24) is 19.9 Å². The Kier molecular flexibility index (Phi) is 5.08.